The van der Waals surface area contributed by atoms with Gasteiger partial charge in [0.25, 0.3) is 0 Å². The van der Waals surface area contributed by atoms with Crippen LogP contribution in [0.25, 0.3) is 0 Å². The lowest BCUT2D eigenvalue weighted by atomic mass is 9.70. The Bertz CT molecular complexity index is 298. The molecule has 0 unspecified atom stereocenters. The molecule has 0 spiro atoms. The lowest BCUT2D eigenvalue weighted by molar-refractivity contribution is -0.964. The summed E-state index contributed by atoms with van der Waals surface area (Å²) in [5.74, 6) is 0.323. The number of fused-ring (bicyclic) bond motifs is 3. The van der Waals surface area contributed by atoms with Gasteiger partial charge in [-0.1, -0.05) is 13.8 Å². The lowest BCUT2D eigenvalue weighted by Gasteiger charge is -2.56. The fraction of sp³-hybridized carbons (Fsp3) is 0.933. The highest BCUT2D eigenvalue weighted by atomic mass is 16.1. The third-order valence-electron chi connectivity index (χ3n) is 5.52. The molecule has 0 aliphatic carbocycles. The Morgan fingerprint density at radius 3 is 2.00 bits per heavy atom. The topological polar surface area (TPSA) is 29.1 Å². The van der Waals surface area contributed by atoms with E-state index in [0.29, 0.717) is 5.41 Å². The number of hydrogen-bond acceptors (Lipinski definition) is 1. The Morgan fingerprint density at radius 1 is 1.11 bits per heavy atom. The van der Waals surface area contributed by atoms with E-state index >= 15 is 0 Å². The predicted octanol–water partition coefficient (Wildman–Crippen LogP) is 2.17. The molecule has 3 heteroatoms. The molecular weight excluding hydrogens is 224 g/mol. The van der Waals surface area contributed by atoms with Crippen LogP contribution in [0.2, 0.25) is 0 Å². The number of amides is 1. The van der Waals surface area contributed by atoms with Crippen LogP contribution >= 0.6 is 0 Å². The van der Waals surface area contributed by atoms with Crippen LogP contribution in [-0.2, 0) is 4.79 Å². The summed E-state index contributed by atoms with van der Waals surface area (Å²) in [4.78, 5) is 11.7. The molecule has 1 amide bonds. The maximum atomic E-state index is 11.7. The Labute approximate surface area is 112 Å². The second-order valence-corrected chi connectivity index (χ2v) is 7.11. The minimum absolute atomic E-state index is 0.110. The van der Waals surface area contributed by atoms with Crippen molar-refractivity contribution in [1.29, 1.82) is 0 Å². The highest BCUT2D eigenvalue weighted by Gasteiger charge is 2.49. The van der Waals surface area contributed by atoms with Crippen molar-refractivity contribution in [3.8, 4) is 0 Å². The second-order valence-electron chi connectivity index (χ2n) is 7.11. The smallest absolute Gasteiger partial charge is 0.222 e. The molecule has 3 nitrogen and oxygen atoms in total. The normalized spacial score (nSPS) is 35.2. The van der Waals surface area contributed by atoms with Gasteiger partial charge in [-0.25, -0.2) is 0 Å². The van der Waals surface area contributed by atoms with Gasteiger partial charge in [-0.2, -0.15) is 0 Å². The molecule has 18 heavy (non-hydrogen) atoms. The molecule has 3 aliphatic rings. The lowest BCUT2D eigenvalue weighted by Crippen LogP contribution is -2.66. The van der Waals surface area contributed by atoms with Gasteiger partial charge in [0.05, 0.1) is 25.7 Å². The van der Waals surface area contributed by atoms with E-state index in [1.54, 1.807) is 0 Å². The molecular formula is C15H29N2O+. The molecule has 1 N–H and O–H groups in total. The Hall–Kier alpha value is -0.570. The van der Waals surface area contributed by atoms with E-state index in [-0.39, 0.29) is 11.8 Å². The fourth-order valence-electron chi connectivity index (χ4n) is 3.61. The van der Waals surface area contributed by atoms with Gasteiger partial charge >= 0.3 is 0 Å². The highest BCUT2D eigenvalue weighted by Crippen LogP contribution is 2.44. The minimum Gasteiger partial charge on any atom is -0.355 e. The first-order valence-corrected chi connectivity index (χ1v) is 7.53. The summed E-state index contributed by atoms with van der Waals surface area (Å²) in [6, 6.07) is 0.758. The van der Waals surface area contributed by atoms with Crippen LogP contribution in [0.3, 0.4) is 0 Å². The van der Waals surface area contributed by atoms with Crippen molar-refractivity contribution >= 4 is 5.91 Å². The number of hydrogen-bond donors (Lipinski definition) is 1. The van der Waals surface area contributed by atoms with Crippen molar-refractivity contribution in [3.63, 3.8) is 0 Å². The molecule has 0 atom stereocenters. The van der Waals surface area contributed by atoms with Crippen LogP contribution in [0.1, 0.15) is 47.0 Å². The number of quaternary nitrogens is 1. The molecule has 3 saturated heterocycles. The second kappa shape index (κ2) is 4.84. The van der Waals surface area contributed by atoms with Crippen LogP contribution in [0, 0.1) is 11.3 Å². The summed E-state index contributed by atoms with van der Waals surface area (Å²) >= 11 is 0. The summed E-state index contributed by atoms with van der Waals surface area (Å²) < 4.78 is 1.32. The fourth-order valence-corrected chi connectivity index (χ4v) is 3.61. The summed E-state index contributed by atoms with van der Waals surface area (Å²) in [6.07, 6.45) is 3.89. The Kier molecular flexibility index (Phi) is 3.72. The van der Waals surface area contributed by atoms with Crippen LogP contribution in [0.4, 0.5) is 0 Å². The number of nitrogens with zero attached hydrogens (tertiary/aromatic N) is 1. The summed E-state index contributed by atoms with van der Waals surface area (Å²) in [5.41, 5.74) is 0.416. The zero-order valence-corrected chi connectivity index (χ0v) is 12.5. The molecule has 0 saturated carbocycles. The molecule has 3 heterocycles. The third-order valence-corrected chi connectivity index (χ3v) is 5.52. The largest absolute Gasteiger partial charge is 0.355 e. The van der Waals surface area contributed by atoms with E-state index in [9.17, 15) is 4.79 Å². The standard InChI is InChI=1S/C15H28N2O/c1-12(2)14(18)16-11-15-5-8-17(9-6-15,10-7-15)13(3)4/h12-13H,5-11H2,1-4H3/p+1. The van der Waals surface area contributed by atoms with Gasteiger partial charge in [-0.15, -0.1) is 0 Å². The van der Waals surface area contributed by atoms with Crippen LogP contribution < -0.4 is 5.32 Å². The molecule has 0 aromatic heterocycles. The number of carbonyl (C=O) groups is 1. The van der Waals surface area contributed by atoms with Crippen molar-refractivity contribution in [2.24, 2.45) is 11.3 Å². The van der Waals surface area contributed by atoms with E-state index < -0.39 is 0 Å². The summed E-state index contributed by atoms with van der Waals surface area (Å²) in [7, 11) is 0. The monoisotopic (exact) mass is 253 g/mol. The Balaban J connectivity index is 1.91. The molecule has 3 rings (SSSR count). The number of carbonyl (C=O) groups excluding carboxylic acids is 1. The van der Waals surface area contributed by atoms with Gasteiger partial charge in [-0.3, -0.25) is 4.79 Å². The van der Waals surface area contributed by atoms with E-state index in [4.69, 9.17) is 0 Å². The molecule has 104 valence electrons. The first kappa shape index (κ1) is 13.9. The van der Waals surface area contributed by atoms with Gasteiger partial charge in [0.1, 0.15) is 0 Å². The molecule has 0 aromatic carbocycles. The van der Waals surface area contributed by atoms with Crippen molar-refractivity contribution in [2.75, 3.05) is 26.2 Å². The maximum Gasteiger partial charge on any atom is 0.222 e. The van der Waals surface area contributed by atoms with Gasteiger partial charge in [0.15, 0.2) is 0 Å². The molecule has 2 bridgehead atoms. The zero-order chi connectivity index (χ0) is 13.4. The van der Waals surface area contributed by atoms with Crippen LogP contribution in [0.5, 0.6) is 0 Å². The van der Waals surface area contributed by atoms with Crippen LogP contribution in [0.15, 0.2) is 0 Å². The van der Waals surface area contributed by atoms with Crippen molar-refractivity contribution in [2.45, 2.75) is 53.0 Å². The number of rotatable bonds is 4. The zero-order valence-electron chi connectivity index (χ0n) is 12.5. The van der Waals surface area contributed by atoms with E-state index in [0.717, 1.165) is 12.6 Å². The van der Waals surface area contributed by atoms with Gasteiger partial charge in [0.2, 0.25) is 5.91 Å². The van der Waals surface area contributed by atoms with Crippen molar-refractivity contribution in [3.05, 3.63) is 0 Å². The molecule has 0 radical (unpaired) electrons. The van der Waals surface area contributed by atoms with E-state index in [2.05, 4.69) is 19.2 Å². The van der Waals surface area contributed by atoms with Gasteiger partial charge in [-0.05, 0) is 13.8 Å². The van der Waals surface area contributed by atoms with Crippen molar-refractivity contribution in [1.82, 2.24) is 5.32 Å². The number of nitrogens with one attached hydrogen (secondary N) is 1. The van der Waals surface area contributed by atoms with Crippen molar-refractivity contribution < 1.29 is 9.28 Å². The Morgan fingerprint density at radius 2 is 1.61 bits per heavy atom. The molecule has 3 fully saturated rings. The quantitative estimate of drug-likeness (QED) is 0.764. The third kappa shape index (κ3) is 2.42. The van der Waals surface area contributed by atoms with Gasteiger partial charge < -0.3 is 9.80 Å². The number of piperidine rings is 3. The first-order chi connectivity index (χ1) is 8.39. The van der Waals surface area contributed by atoms with Crippen LogP contribution in [-0.4, -0.2) is 42.6 Å². The van der Waals surface area contributed by atoms with E-state index in [1.165, 1.54) is 43.4 Å². The summed E-state index contributed by atoms with van der Waals surface area (Å²) in [5, 5.41) is 3.16. The minimum atomic E-state index is 0.110. The SMILES string of the molecule is CC(C)C(=O)NCC12CC[N+](C(C)C)(CC1)CC2. The molecule has 3 aliphatic heterocycles. The first-order valence-electron chi connectivity index (χ1n) is 7.53. The highest BCUT2D eigenvalue weighted by molar-refractivity contribution is 5.77. The average Bonchev–Trinajstić information content (AvgIpc) is 2.38. The summed E-state index contributed by atoms with van der Waals surface area (Å²) in [6.45, 7) is 13.5. The maximum absolute atomic E-state index is 11.7. The molecule has 0 aromatic rings. The average molecular weight is 253 g/mol. The van der Waals surface area contributed by atoms with E-state index in [1.807, 2.05) is 13.8 Å². The predicted molar refractivity (Wildman–Crippen MR) is 74.1 cm³/mol. The van der Waals surface area contributed by atoms with Gasteiger partial charge in [0, 0.05) is 37.1 Å².